The van der Waals surface area contributed by atoms with E-state index >= 15 is 0 Å². The second kappa shape index (κ2) is 6.84. The van der Waals surface area contributed by atoms with Gasteiger partial charge >= 0.3 is 0 Å². The molecule has 3 nitrogen and oxygen atoms in total. The molecule has 0 saturated heterocycles. The first-order valence-corrected chi connectivity index (χ1v) is 8.40. The van der Waals surface area contributed by atoms with Crippen LogP contribution in [0.1, 0.15) is 10.6 Å². The molecule has 1 heterocycles. The molecule has 0 aliphatic carbocycles. The average Bonchev–Trinajstić information content (AvgIpc) is 3.02. The second-order valence-corrected chi connectivity index (χ2v) is 6.57. The van der Waals surface area contributed by atoms with Crippen LogP contribution in [0.15, 0.2) is 53.9 Å². The lowest BCUT2D eigenvalue weighted by atomic mass is 10.1. The van der Waals surface area contributed by atoms with Crippen LogP contribution in [0.25, 0.3) is 11.3 Å². The van der Waals surface area contributed by atoms with Crippen molar-refractivity contribution in [3.63, 3.8) is 0 Å². The quantitative estimate of drug-likeness (QED) is 0.676. The van der Waals surface area contributed by atoms with Crippen LogP contribution >= 0.6 is 11.3 Å². The minimum atomic E-state index is 0.860. The molecule has 0 N–H and O–H groups in total. The molecule has 0 unspecified atom stereocenters. The van der Waals surface area contributed by atoms with Crippen molar-refractivity contribution in [1.29, 1.82) is 0 Å². The second-order valence-electron chi connectivity index (χ2n) is 5.50. The third kappa shape index (κ3) is 3.71. The average molecular weight is 324 g/mol. The predicted octanol–water partition coefficient (Wildman–Crippen LogP) is 4.76. The number of hydrogen-bond donors (Lipinski definition) is 0. The number of hydrogen-bond acceptors (Lipinski definition) is 4. The molecule has 0 aliphatic heterocycles. The summed E-state index contributed by atoms with van der Waals surface area (Å²) < 4.78 is 5.20. The SMILES string of the molecule is COc1ccc(CN(C)c2ccc(-c3csc(C)n3)cc2)cc1. The molecule has 0 fully saturated rings. The maximum Gasteiger partial charge on any atom is 0.118 e. The molecule has 0 aliphatic rings. The van der Waals surface area contributed by atoms with Gasteiger partial charge in [-0.2, -0.15) is 0 Å². The molecule has 4 heteroatoms. The molecule has 23 heavy (non-hydrogen) atoms. The third-order valence-corrected chi connectivity index (χ3v) is 4.58. The minimum Gasteiger partial charge on any atom is -0.497 e. The highest BCUT2D eigenvalue weighted by atomic mass is 32.1. The van der Waals surface area contributed by atoms with E-state index in [9.17, 15) is 0 Å². The fourth-order valence-corrected chi connectivity index (χ4v) is 3.10. The van der Waals surface area contributed by atoms with Crippen molar-refractivity contribution in [3.05, 3.63) is 64.5 Å². The molecule has 0 amide bonds. The largest absolute Gasteiger partial charge is 0.497 e. The number of nitrogens with zero attached hydrogens (tertiary/aromatic N) is 2. The Morgan fingerprint density at radius 2 is 1.74 bits per heavy atom. The third-order valence-electron chi connectivity index (χ3n) is 3.80. The van der Waals surface area contributed by atoms with Gasteiger partial charge in [-0.1, -0.05) is 24.3 Å². The number of anilines is 1. The van der Waals surface area contributed by atoms with Crippen LogP contribution in [0.4, 0.5) is 5.69 Å². The van der Waals surface area contributed by atoms with Crippen molar-refractivity contribution < 1.29 is 4.74 Å². The Morgan fingerprint density at radius 3 is 2.30 bits per heavy atom. The fourth-order valence-electron chi connectivity index (χ4n) is 2.48. The standard InChI is InChI=1S/C19H20N2OS/c1-14-20-19(13-23-14)16-6-8-17(9-7-16)21(2)12-15-4-10-18(22-3)11-5-15/h4-11,13H,12H2,1-3H3. The number of thiazole rings is 1. The van der Waals surface area contributed by atoms with Crippen LogP contribution in [0.3, 0.4) is 0 Å². The van der Waals surface area contributed by atoms with Gasteiger partial charge in [0.1, 0.15) is 5.75 Å². The van der Waals surface area contributed by atoms with Gasteiger partial charge in [-0.15, -0.1) is 11.3 Å². The van der Waals surface area contributed by atoms with E-state index in [1.54, 1.807) is 18.4 Å². The van der Waals surface area contributed by atoms with E-state index in [1.807, 2.05) is 19.1 Å². The van der Waals surface area contributed by atoms with Crippen LogP contribution in [-0.4, -0.2) is 19.1 Å². The zero-order valence-corrected chi connectivity index (χ0v) is 14.4. The first-order chi connectivity index (χ1) is 11.2. The van der Waals surface area contributed by atoms with Gasteiger partial charge in [0.05, 0.1) is 17.8 Å². The van der Waals surface area contributed by atoms with Crippen molar-refractivity contribution in [3.8, 4) is 17.0 Å². The van der Waals surface area contributed by atoms with Crippen molar-refractivity contribution >= 4 is 17.0 Å². The molecule has 0 atom stereocenters. The molecule has 0 saturated carbocycles. The number of aryl methyl sites for hydroxylation is 1. The monoisotopic (exact) mass is 324 g/mol. The first kappa shape index (κ1) is 15.6. The molecule has 0 spiro atoms. The zero-order valence-electron chi connectivity index (χ0n) is 13.6. The molecule has 118 valence electrons. The summed E-state index contributed by atoms with van der Waals surface area (Å²) >= 11 is 1.68. The lowest BCUT2D eigenvalue weighted by Crippen LogP contribution is -2.16. The fraction of sp³-hybridized carbons (Fsp3) is 0.211. The Morgan fingerprint density at radius 1 is 1.04 bits per heavy atom. The van der Waals surface area contributed by atoms with E-state index in [2.05, 4.69) is 58.7 Å². The Labute approximate surface area is 141 Å². The summed E-state index contributed by atoms with van der Waals surface area (Å²) in [6, 6.07) is 16.8. The Kier molecular flexibility index (Phi) is 4.63. The number of rotatable bonds is 5. The maximum absolute atomic E-state index is 5.20. The number of aromatic nitrogens is 1. The van der Waals surface area contributed by atoms with E-state index in [0.717, 1.165) is 28.6 Å². The van der Waals surface area contributed by atoms with Crippen molar-refractivity contribution in [2.24, 2.45) is 0 Å². The van der Waals surface area contributed by atoms with Crippen LogP contribution < -0.4 is 9.64 Å². The smallest absolute Gasteiger partial charge is 0.118 e. The van der Waals surface area contributed by atoms with Gasteiger partial charge in [-0.05, 0) is 36.8 Å². The first-order valence-electron chi connectivity index (χ1n) is 7.52. The van der Waals surface area contributed by atoms with Gasteiger partial charge < -0.3 is 9.64 Å². The number of methoxy groups -OCH3 is 1. The minimum absolute atomic E-state index is 0.860. The summed E-state index contributed by atoms with van der Waals surface area (Å²) in [5.74, 6) is 0.888. The molecular weight excluding hydrogens is 304 g/mol. The van der Waals surface area contributed by atoms with E-state index in [4.69, 9.17) is 4.74 Å². The van der Waals surface area contributed by atoms with Crippen molar-refractivity contribution in [2.45, 2.75) is 13.5 Å². The van der Waals surface area contributed by atoms with Crippen LogP contribution in [0, 0.1) is 6.92 Å². The molecule has 0 radical (unpaired) electrons. The van der Waals surface area contributed by atoms with E-state index in [1.165, 1.54) is 11.3 Å². The van der Waals surface area contributed by atoms with E-state index in [0.29, 0.717) is 0 Å². The molecule has 3 rings (SSSR count). The molecule has 0 bridgehead atoms. The van der Waals surface area contributed by atoms with Gasteiger partial charge in [-0.3, -0.25) is 0 Å². The Bertz CT molecular complexity index is 763. The van der Waals surface area contributed by atoms with Crippen LogP contribution in [0.5, 0.6) is 5.75 Å². The van der Waals surface area contributed by atoms with Gasteiger partial charge in [0, 0.05) is 30.2 Å². The summed E-state index contributed by atoms with van der Waals surface area (Å²) in [5, 5.41) is 3.20. The topological polar surface area (TPSA) is 25.4 Å². The summed E-state index contributed by atoms with van der Waals surface area (Å²) in [6.07, 6.45) is 0. The molecule has 2 aromatic carbocycles. The zero-order chi connectivity index (χ0) is 16.2. The normalized spacial score (nSPS) is 10.6. The number of benzene rings is 2. The van der Waals surface area contributed by atoms with Crippen molar-refractivity contribution in [2.75, 3.05) is 19.1 Å². The van der Waals surface area contributed by atoms with Crippen LogP contribution in [0.2, 0.25) is 0 Å². The predicted molar refractivity (Wildman–Crippen MR) is 97.4 cm³/mol. The summed E-state index contributed by atoms with van der Waals surface area (Å²) in [7, 11) is 3.79. The Balaban J connectivity index is 1.70. The van der Waals surface area contributed by atoms with Gasteiger partial charge in [0.2, 0.25) is 0 Å². The highest BCUT2D eigenvalue weighted by Crippen LogP contribution is 2.25. The van der Waals surface area contributed by atoms with Gasteiger partial charge in [0.15, 0.2) is 0 Å². The van der Waals surface area contributed by atoms with Crippen molar-refractivity contribution in [1.82, 2.24) is 4.98 Å². The summed E-state index contributed by atoms with van der Waals surface area (Å²) in [4.78, 5) is 6.77. The summed E-state index contributed by atoms with van der Waals surface area (Å²) in [5.41, 5.74) is 4.66. The molecule has 3 aromatic rings. The lowest BCUT2D eigenvalue weighted by molar-refractivity contribution is 0.414. The number of ether oxygens (including phenoxy) is 1. The van der Waals surface area contributed by atoms with Gasteiger partial charge in [-0.25, -0.2) is 4.98 Å². The highest BCUT2D eigenvalue weighted by Gasteiger charge is 2.05. The van der Waals surface area contributed by atoms with Gasteiger partial charge in [0.25, 0.3) is 0 Å². The molecule has 1 aromatic heterocycles. The van der Waals surface area contributed by atoms with E-state index < -0.39 is 0 Å². The van der Waals surface area contributed by atoms with Crippen LogP contribution in [-0.2, 0) is 6.54 Å². The maximum atomic E-state index is 5.20. The Hall–Kier alpha value is -2.33. The lowest BCUT2D eigenvalue weighted by Gasteiger charge is -2.19. The molecular formula is C19H20N2OS. The summed E-state index contributed by atoms with van der Waals surface area (Å²) in [6.45, 7) is 2.89. The highest BCUT2D eigenvalue weighted by molar-refractivity contribution is 7.09. The van der Waals surface area contributed by atoms with E-state index in [-0.39, 0.29) is 0 Å².